The molecule has 2 heterocycles. The fourth-order valence-electron chi connectivity index (χ4n) is 3.24. The molecule has 1 fully saturated rings. The first-order valence-electron chi connectivity index (χ1n) is 8.27. The maximum absolute atomic E-state index is 12.4. The van der Waals surface area contributed by atoms with Crippen LogP contribution in [-0.2, 0) is 16.4 Å². The minimum atomic E-state index is -4.19. The molecule has 1 saturated heterocycles. The van der Waals surface area contributed by atoms with Crippen molar-refractivity contribution >= 4 is 10.0 Å². The zero-order valence-corrected chi connectivity index (χ0v) is 14.5. The Balaban J connectivity index is 1.52. The smallest absolute Gasteiger partial charge is 0.401 e. The highest BCUT2D eigenvalue weighted by Crippen LogP contribution is 2.28. The maximum atomic E-state index is 12.4. The van der Waals surface area contributed by atoms with Crippen molar-refractivity contribution < 1.29 is 26.3 Å². The van der Waals surface area contributed by atoms with Crippen molar-refractivity contribution in [2.24, 2.45) is 5.92 Å². The molecule has 1 N–H and O–H groups in total. The summed E-state index contributed by atoms with van der Waals surface area (Å²) < 4.78 is 69.9. The maximum Gasteiger partial charge on any atom is 0.401 e. The first-order chi connectivity index (χ1) is 11.7. The SMILES string of the molecule is O=S(=O)(NCC1CCN(CC(F)(F)F)CC1)c1ccc2c(c1)CCO2. The summed E-state index contributed by atoms with van der Waals surface area (Å²) in [4.78, 5) is 1.57. The summed E-state index contributed by atoms with van der Waals surface area (Å²) in [6, 6.07) is 4.79. The highest BCUT2D eigenvalue weighted by atomic mass is 32.2. The first kappa shape index (κ1) is 18.5. The van der Waals surface area contributed by atoms with Gasteiger partial charge in [0.05, 0.1) is 18.0 Å². The number of likely N-dealkylation sites (tertiary alicyclic amines) is 1. The van der Waals surface area contributed by atoms with Crippen molar-refractivity contribution in [3.05, 3.63) is 23.8 Å². The van der Waals surface area contributed by atoms with Gasteiger partial charge in [0.2, 0.25) is 10.0 Å². The number of hydrogen-bond donors (Lipinski definition) is 1. The van der Waals surface area contributed by atoms with E-state index in [0.29, 0.717) is 39.0 Å². The highest BCUT2D eigenvalue weighted by molar-refractivity contribution is 7.89. The summed E-state index contributed by atoms with van der Waals surface area (Å²) in [5.74, 6) is 0.771. The number of nitrogens with zero attached hydrogens (tertiary/aromatic N) is 1. The van der Waals surface area contributed by atoms with Gasteiger partial charge in [-0.2, -0.15) is 13.2 Å². The lowest BCUT2D eigenvalue weighted by molar-refractivity contribution is -0.148. The highest BCUT2D eigenvalue weighted by Gasteiger charge is 2.32. The molecule has 3 rings (SSSR count). The van der Waals surface area contributed by atoms with Crippen LogP contribution in [-0.4, -0.2) is 52.3 Å². The molecule has 0 spiro atoms. The number of hydrogen-bond acceptors (Lipinski definition) is 4. The van der Waals surface area contributed by atoms with Crippen molar-refractivity contribution in [2.75, 3.05) is 32.8 Å². The number of sulfonamides is 1. The third-order valence-corrected chi connectivity index (χ3v) is 6.06. The molecule has 5 nitrogen and oxygen atoms in total. The van der Waals surface area contributed by atoms with Gasteiger partial charge in [0.15, 0.2) is 0 Å². The van der Waals surface area contributed by atoms with Crippen LogP contribution in [0.1, 0.15) is 18.4 Å². The topological polar surface area (TPSA) is 58.6 Å². The van der Waals surface area contributed by atoms with E-state index < -0.39 is 22.7 Å². The molecule has 0 aliphatic carbocycles. The van der Waals surface area contributed by atoms with Crippen molar-refractivity contribution in [1.82, 2.24) is 9.62 Å². The van der Waals surface area contributed by atoms with E-state index in [0.717, 1.165) is 11.3 Å². The summed E-state index contributed by atoms with van der Waals surface area (Å²) in [5.41, 5.74) is 0.878. The molecule has 0 unspecified atom stereocenters. The van der Waals surface area contributed by atoms with Crippen LogP contribution in [0.5, 0.6) is 5.75 Å². The fourth-order valence-corrected chi connectivity index (χ4v) is 4.41. The van der Waals surface area contributed by atoms with E-state index in [9.17, 15) is 21.6 Å². The van der Waals surface area contributed by atoms with Gasteiger partial charge in [0, 0.05) is 13.0 Å². The molecule has 0 atom stereocenters. The Morgan fingerprint density at radius 2 is 1.96 bits per heavy atom. The van der Waals surface area contributed by atoms with Crippen LogP contribution in [0.15, 0.2) is 23.1 Å². The Morgan fingerprint density at radius 1 is 1.24 bits per heavy atom. The predicted octanol–water partition coefficient (Wildman–Crippen LogP) is 2.17. The monoisotopic (exact) mass is 378 g/mol. The van der Waals surface area contributed by atoms with E-state index in [2.05, 4.69) is 4.72 Å². The summed E-state index contributed by atoms with van der Waals surface area (Å²) >= 11 is 0. The summed E-state index contributed by atoms with van der Waals surface area (Å²) in [7, 11) is -3.62. The average molecular weight is 378 g/mol. The third kappa shape index (κ3) is 4.86. The van der Waals surface area contributed by atoms with Crippen LogP contribution in [0.2, 0.25) is 0 Å². The molecular weight excluding hydrogens is 357 g/mol. The lowest BCUT2D eigenvalue weighted by Gasteiger charge is -2.32. The van der Waals surface area contributed by atoms with Crippen LogP contribution in [0.3, 0.4) is 0 Å². The van der Waals surface area contributed by atoms with Gasteiger partial charge in [-0.3, -0.25) is 4.90 Å². The zero-order chi connectivity index (χ0) is 18.1. The molecule has 1 aromatic rings. The van der Waals surface area contributed by atoms with Gasteiger partial charge in [-0.05, 0) is 55.6 Å². The third-order valence-electron chi connectivity index (χ3n) is 4.64. The Kier molecular flexibility index (Phi) is 5.26. The minimum absolute atomic E-state index is 0.0528. The standard InChI is InChI=1S/C16H21F3N2O3S/c17-16(18,19)11-21-6-3-12(4-7-21)10-20-25(22,23)14-1-2-15-13(9-14)5-8-24-15/h1-2,9,12,20H,3-8,10-11H2. The quantitative estimate of drug-likeness (QED) is 0.853. The van der Waals surface area contributed by atoms with Crippen LogP contribution in [0, 0.1) is 5.92 Å². The number of benzene rings is 1. The zero-order valence-electron chi connectivity index (χ0n) is 13.7. The lowest BCUT2D eigenvalue weighted by atomic mass is 9.97. The number of nitrogens with one attached hydrogen (secondary N) is 1. The minimum Gasteiger partial charge on any atom is -0.493 e. The van der Waals surface area contributed by atoms with Crippen LogP contribution >= 0.6 is 0 Å². The molecule has 0 aromatic heterocycles. The molecule has 0 radical (unpaired) electrons. The van der Waals surface area contributed by atoms with E-state index in [1.807, 2.05) is 0 Å². The fraction of sp³-hybridized carbons (Fsp3) is 0.625. The Labute approximate surface area is 145 Å². The van der Waals surface area contributed by atoms with Crippen molar-refractivity contribution in [2.45, 2.75) is 30.3 Å². The number of rotatable bonds is 5. The molecule has 0 saturated carbocycles. The molecule has 2 aliphatic rings. The molecule has 140 valence electrons. The number of piperidine rings is 1. The predicted molar refractivity (Wildman–Crippen MR) is 86.0 cm³/mol. The normalized spacial score (nSPS) is 19.6. The summed E-state index contributed by atoms with van der Waals surface area (Å²) in [6.45, 7) is 0.575. The van der Waals surface area contributed by atoms with E-state index in [-0.39, 0.29) is 17.4 Å². The van der Waals surface area contributed by atoms with Crippen molar-refractivity contribution in [1.29, 1.82) is 0 Å². The largest absolute Gasteiger partial charge is 0.493 e. The first-order valence-corrected chi connectivity index (χ1v) is 9.76. The van der Waals surface area contributed by atoms with Gasteiger partial charge in [-0.25, -0.2) is 13.1 Å². The Bertz CT molecular complexity index is 714. The van der Waals surface area contributed by atoms with Crippen molar-refractivity contribution in [3.63, 3.8) is 0 Å². The van der Waals surface area contributed by atoms with Gasteiger partial charge >= 0.3 is 6.18 Å². The van der Waals surface area contributed by atoms with Crippen LogP contribution < -0.4 is 9.46 Å². The van der Waals surface area contributed by atoms with E-state index in [4.69, 9.17) is 4.74 Å². The second kappa shape index (κ2) is 7.13. The molecular formula is C16H21F3N2O3S. The van der Waals surface area contributed by atoms with E-state index in [1.165, 1.54) is 11.0 Å². The van der Waals surface area contributed by atoms with Gasteiger partial charge in [-0.15, -0.1) is 0 Å². The number of fused-ring (bicyclic) bond motifs is 1. The average Bonchev–Trinajstić information content (AvgIpc) is 3.00. The summed E-state index contributed by atoms with van der Waals surface area (Å²) in [6.07, 6.45) is -2.39. The molecule has 0 amide bonds. The van der Waals surface area contributed by atoms with Gasteiger partial charge in [0.25, 0.3) is 0 Å². The van der Waals surface area contributed by atoms with Gasteiger partial charge in [-0.1, -0.05) is 0 Å². The lowest BCUT2D eigenvalue weighted by Crippen LogP contribution is -2.42. The molecule has 1 aromatic carbocycles. The number of ether oxygens (including phenoxy) is 1. The molecule has 25 heavy (non-hydrogen) atoms. The summed E-state index contributed by atoms with van der Waals surface area (Å²) in [5, 5.41) is 0. The number of halogens is 3. The van der Waals surface area contributed by atoms with E-state index in [1.54, 1.807) is 12.1 Å². The van der Waals surface area contributed by atoms with Gasteiger partial charge in [0.1, 0.15) is 5.75 Å². The Morgan fingerprint density at radius 3 is 2.64 bits per heavy atom. The molecule has 2 aliphatic heterocycles. The Hall–Kier alpha value is -1.32. The van der Waals surface area contributed by atoms with E-state index >= 15 is 0 Å². The number of alkyl halides is 3. The van der Waals surface area contributed by atoms with Crippen LogP contribution in [0.25, 0.3) is 0 Å². The molecule has 0 bridgehead atoms. The second-order valence-corrected chi connectivity index (χ2v) is 8.32. The second-order valence-electron chi connectivity index (χ2n) is 6.55. The molecule has 9 heteroatoms. The van der Waals surface area contributed by atoms with Crippen LogP contribution in [0.4, 0.5) is 13.2 Å². The van der Waals surface area contributed by atoms with Gasteiger partial charge < -0.3 is 4.74 Å². The van der Waals surface area contributed by atoms with Crippen molar-refractivity contribution in [3.8, 4) is 5.75 Å².